The lowest BCUT2D eigenvalue weighted by atomic mass is 9.78. The summed E-state index contributed by atoms with van der Waals surface area (Å²) in [6.07, 6.45) is 2.05. The molecule has 4 aromatic rings. The molecular formula is C26H22BrN7OS. The van der Waals surface area contributed by atoms with Crippen LogP contribution in [-0.2, 0) is 16.8 Å². The number of guanidine groups is 1. The molecule has 0 bridgehead atoms. The minimum atomic E-state index is -0.831. The number of nitrogens with one attached hydrogen (secondary N) is 2. The highest BCUT2D eigenvalue weighted by Crippen LogP contribution is 2.41. The van der Waals surface area contributed by atoms with Crippen molar-refractivity contribution in [2.45, 2.75) is 18.9 Å². The molecule has 8 nitrogen and oxygen atoms in total. The van der Waals surface area contributed by atoms with Gasteiger partial charge in [0.2, 0.25) is 5.91 Å². The molecular weight excluding hydrogens is 538 g/mol. The van der Waals surface area contributed by atoms with Crippen molar-refractivity contribution in [3.05, 3.63) is 86.8 Å². The van der Waals surface area contributed by atoms with Crippen molar-refractivity contribution in [3.63, 3.8) is 0 Å². The molecule has 180 valence electrons. The van der Waals surface area contributed by atoms with Gasteiger partial charge in [0.15, 0.2) is 5.96 Å². The zero-order valence-electron chi connectivity index (χ0n) is 19.6. The Hall–Kier alpha value is -3.81. The Morgan fingerprint density at radius 1 is 1.22 bits per heavy atom. The molecule has 1 unspecified atom stereocenters. The number of thiophene rings is 1. The zero-order valence-corrected chi connectivity index (χ0v) is 22.0. The molecule has 1 amide bonds. The Labute approximate surface area is 220 Å². The lowest BCUT2D eigenvalue weighted by Gasteiger charge is -2.44. The molecule has 1 aliphatic rings. The second-order valence-corrected chi connectivity index (χ2v) is 10.7. The van der Waals surface area contributed by atoms with E-state index in [1.165, 1.54) is 16.2 Å². The maximum atomic E-state index is 13.6. The largest absolute Gasteiger partial charge is 0.345 e. The van der Waals surface area contributed by atoms with Crippen LogP contribution in [0.5, 0.6) is 0 Å². The third kappa shape index (κ3) is 4.21. The van der Waals surface area contributed by atoms with E-state index in [0.29, 0.717) is 12.0 Å². The van der Waals surface area contributed by atoms with Crippen LogP contribution in [0.3, 0.4) is 0 Å². The van der Waals surface area contributed by atoms with Gasteiger partial charge in [0, 0.05) is 22.8 Å². The monoisotopic (exact) mass is 559 g/mol. The third-order valence-electron chi connectivity index (χ3n) is 6.56. The molecule has 3 heterocycles. The first-order valence-electron chi connectivity index (χ1n) is 11.2. The Morgan fingerprint density at radius 2 is 2.03 bits per heavy atom. The van der Waals surface area contributed by atoms with E-state index >= 15 is 0 Å². The summed E-state index contributed by atoms with van der Waals surface area (Å²) in [7, 11) is 1.61. The molecule has 0 saturated carbocycles. The van der Waals surface area contributed by atoms with Crippen molar-refractivity contribution in [2.75, 3.05) is 7.05 Å². The van der Waals surface area contributed by atoms with Crippen LogP contribution < -0.4 is 5.32 Å². The number of amides is 1. The average molecular weight is 560 g/mol. The number of nitriles is 1. The first-order chi connectivity index (χ1) is 17.3. The van der Waals surface area contributed by atoms with E-state index in [9.17, 15) is 10.1 Å². The van der Waals surface area contributed by atoms with Gasteiger partial charge in [0.1, 0.15) is 0 Å². The van der Waals surface area contributed by atoms with Crippen LogP contribution in [0.2, 0.25) is 0 Å². The van der Waals surface area contributed by atoms with Gasteiger partial charge >= 0.3 is 0 Å². The fourth-order valence-electron chi connectivity index (χ4n) is 4.49. The minimum absolute atomic E-state index is 0.0544. The van der Waals surface area contributed by atoms with E-state index in [0.717, 1.165) is 31.9 Å². The highest BCUT2D eigenvalue weighted by molar-refractivity contribution is 9.10. The van der Waals surface area contributed by atoms with E-state index < -0.39 is 11.5 Å². The molecule has 2 N–H and O–H groups in total. The van der Waals surface area contributed by atoms with Crippen LogP contribution in [0.25, 0.3) is 16.8 Å². The molecule has 36 heavy (non-hydrogen) atoms. The minimum Gasteiger partial charge on any atom is -0.345 e. The lowest BCUT2D eigenvalue weighted by molar-refractivity contribution is -0.135. The molecule has 0 spiro atoms. The topological polar surface area (TPSA) is 111 Å². The predicted molar refractivity (Wildman–Crippen MR) is 142 cm³/mol. The molecule has 1 aliphatic heterocycles. The summed E-state index contributed by atoms with van der Waals surface area (Å²) in [5.74, 6) is -0.610. The number of rotatable bonds is 5. The summed E-state index contributed by atoms with van der Waals surface area (Å²) in [5.41, 5.74) is 3.29. The van der Waals surface area contributed by atoms with Crippen molar-refractivity contribution in [1.29, 1.82) is 10.7 Å². The number of halogens is 1. The summed E-state index contributed by atoms with van der Waals surface area (Å²) in [5, 5.41) is 31.4. The Balaban J connectivity index is 1.54. The van der Waals surface area contributed by atoms with Crippen molar-refractivity contribution in [3.8, 4) is 22.9 Å². The van der Waals surface area contributed by atoms with Crippen LogP contribution in [-0.4, -0.2) is 38.8 Å². The smallest absolute Gasteiger partial charge is 0.235 e. The Bertz CT molecular complexity index is 1520. The van der Waals surface area contributed by atoms with Gasteiger partial charge in [0.05, 0.1) is 40.7 Å². The zero-order chi connectivity index (χ0) is 25.4. The third-order valence-corrected chi connectivity index (χ3v) is 8.22. The van der Waals surface area contributed by atoms with Crippen LogP contribution in [0.15, 0.2) is 70.6 Å². The molecule has 1 saturated heterocycles. The SMILES string of the molecule is CN1C(=N)N[C@](C)(c2cc(-c3cccc(C#N)c3)cs2)C(Cc2cnnn2-c2cccc(Br)c2)C1=O. The molecule has 0 radical (unpaired) electrons. The summed E-state index contributed by atoms with van der Waals surface area (Å²) in [6.45, 7) is 1.96. The van der Waals surface area contributed by atoms with Gasteiger partial charge < -0.3 is 5.32 Å². The first kappa shape index (κ1) is 23.9. The summed E-state index contributed by atoms with van der Waals surface area (Å²) < 4.78 is 2.66. The normalized spacial score (nSPS) is 19.7. The number of carbonyl (C=O) groups is 1. The standard InChI is InChI=1S/C26H22BrN7OS/c1-26(23-10-18(15-36-23)17-6-3-5-16(9-17)13-28)22(24(35)33(2)25(29)31-26)12-21-14-30-32-34(21)20-8-4-7-19(27)11-20/h3-11,14-15,22H,12H2,1-2H3,(H2,29,31)/t22?,26-/m0/s1. The molecule has 0 aliphatic carbocycles. The van der Waals surface area contributed by atoms with E-state index in [2.05, 4.69) is 37.6 Å². The second-order valence-electron chi connectivity index (χ2n) is 8.84. The van der Waals surface area contributed by atoms with Crippen LogP contribution >= 0.6 is 27.3 Å². The molecule has 10 heteroatoms. The summed E-state index contributed by atoms with van der Waals surface area (Å²) in [4.78, 5) is 15.8. The van der Waals surface area contributed by atoms with Crippen LogP contribution in [0.1, 0.15) is 23.1 Å². The van der Waals surface area contributed by atoms with E-state index in [4.69, 9.17) is 5.41 Å². The van der Waals surface area contributed by atoms with Crippen molar-refractivity contribution in [1.82, 2.24) is 25.2 Å². The summed E-state index contributed by atoms with van der Waals surface area (Å²) >= 11 is 5.03. The van der Waals surface area contributed by atoms with Crippen LogP contribution in [0, 0.1) is 22.7 Å². The first-order valence-corrected chi connectivity index (χ1v) is 12.9. The van der Waals surface area contributed by atoms with E-state index in [1.54, 1.807) is 24.0 Å². The number of benzene rings is 2. The highest BCUT2D eigenvalue weighted by atomic mass is 79.9. The number of aromatic nitrogens is 3. The predicted octanol–water partition coefficient (Wildman–Crippen LogP) is 4.70. The van der Waals surface area contributed by atoms with Crippen LogP contribution in [0.4, 0.5) is 0 Å². The lowest BCUT2D eigenvalue weighted by Crippen LogP contribution is -2.64. The van der Waals surface area contributed by atoms with Gasteiger partial charge in [-0.2, -0.15) is 5.26 Å². The van der Waals surface area contributed by atoms with E-state index in [-0.39, 0.29) is 11.9 Å². The Morgan fingerprint density at radius 3 is 2.81 bits per heavy atom. The number of hydrogen-bond donors (Lipinski definition) is 2. The molecule has 2 atom stereocenters. The second kappa shape index (κ2) is 9.33. The van der Waals surface area contributed by atoms with E-state index in [1.807, 2.05) is 60.8 Å². The van der Waals surface area contributed by atoms with Gasteiger partial charge in [-0.3, -0.25) is 15.1 Å². The molecule has 5 rings (SSSR count). The van der Waals surface area contributed by atoms with Gasteiger partial charge in [-0.15, -0.1) is 16.4 Å². The fraction of sp³-hybridized carbons (Fsp3) is 0.192. The van der Waals surface area contributed by atoms with Crippen molar-refractivity contribution >= 4 is 39.1 Å². The van der Waals surface area contributed by atoms with Gasteiger partial charge in [-0.05, 0) is 59.8 Å². The number of nitrogens with zero attached hydrogens (tertiary/aromatic N) is 5. The van der Waals surface area contributed by atoms with Crippen molar-refractivity contribution < 1.29 is 4.79 Å². The highest BCUT2D eigenvalue weighted by Gasteiger charge is 2.48. The number of carbonyl (C=O) groups excluding carboxylic acids is 1. The van der Waals surface area contributed by atoms with Crippen molar-refractivity contribution in [2.24, 2.45) is 5.92 Å². The fourth-order valence-corrected chi connectivity index (χ4v) is 5.97. The Kier molecular flexibility index (Phi) is 6.20. The molecule has 1 fully saturated rings. The van der Waals surface area contributed by atoms with Gasteiger partial charge in [-0.1, -0.05) is 39.3 Å². The van der Waals surface area contributed by atoms with Gasteiger partial charge in [-0.25, -0.2) is 4.68 Å². The maximum Gasteiger partial charge on any atom is 0.235 e. The summed E-state index contributed by atoms with van der Waals surface area (Å²) in [6, 6.07) is 19.4. The molecule has 2 aromatic carbocycles. The average Bonchev–Trinajstić information content (AvgIpc) is 3.56. The maximum absolute atomic E-state index is 13.6. The quantitative estimate of drug-likeness (QED) is 0.368. The van der Waals surface area contributed by atoms with Gasteiger partial charge in [0.25, 0.3) is 0 Å². The number of hydrogen-bond acceptors (Lipinski definition) is 6. The molecule has 2 aromatic heterocycles.